The average molecular weight is 676 g/mol. The Kier molecular flexibility index (Phi) is 10.7. The molecule has 0 fully saturated rings. The van der Waals surface area contributed by atoms with E-state index in [1.54, 1.807) is 0 Å². The molecular formula is C30H32Br2N2O6. The molecule has 0 aromatic heterocycles. The van der Waals surface area contributed by atoms with Crippen LogP contribution >= 0.6 is 31.9 Å². The van der Waals surface area contributed by atoms with Crippen molar-refractivity contribution >= 4 is 43.7 Å². The lowest BCUT2D eigenvalue weighted by Crippen LogP contribution is -2.51. The summed E-state index contributed by atoms with van der Waals surface area (Å²) in [4.78, 5) is 19.2. The fraction of sp³-hybridized carbons (Fsp3) is 0.333. The zero-order chi connectivity index (χ0) is 28.5. The van der Waals surface area contributed by atoms with Gasteiger partial charge in [0.15, 0.2) is 17.9 Å². The number of methoxy groups -OCH3 is 2. The number of benzene rings is 3. The van der Waals surface area contributed by atoms with Gasteiger partial charge in [-0.05, 0) is 53.6 Å². The summed E-state index contributed by atoms with van der Waals surface area (Å²) in [5.74, 6) is 0.712. The number of hydrogen-bond acceptors (Lipinski definition) is 7. The van der Waals surface area contributed by atoms with Crippen molar-refractivity contribution in [2.24, 2.45) is 4.99 Å². The number of halogens is 2. The maximum Gasteiger partial charge on any atom is 0.252 e. The third-order valence-corrected chi connectivity index (χ3v) is 7.88. The van der Waals surface area contributed by atoms with Gasteiger partial charge in [0.05, 0.1) is 13.2 Å². The Morgan fingerprint density at radius 3 is 2.40 bits per heavy atom. The van der Waals surface area contributed by atoms with Gasteiger partial charge in [-0.2, -0.15) is 0 Å². The summed E-state index contributed by atoms with van der Waals surface area (Å²) in [6.07, 6.45) is -0.504. The summed E-state index contributed by atoms with van der Waals surface area (Å²) >= 11 is 7.14. The largest absolute Gasteiger partial charge is 0.494 e. The smallest absolute Gasteiger partial charge is 0.252 e. The number of carbonyl (C=O) groups excluding carboxylic acids is 1. The summed E-state index contributed by atoms with van der Waals surface area (Å²) in [7, 11) is 3.04. The summed E-state index contributed by atoms with van der Waals surface area (Å²) in [5.41, 5.74) is 1.10. The van der Waals surface area contributed by atoms with Gasteiger partial charge in [-0.15, -0.1) is 0 Å². The first-order valence-electron chi connectivity index (χ1n) is 12.8. The number of aliphatic hydroxyl groups excluding tert-OH is 1. The lowest BCUT2D eigenvalue weighted by Gasteiger charge is -2.31. The number of nitrogens with zero attached hydrogens (tertiary/aromatic N) is 1. The predicted molar refractivity (Wildman–Crippen MR) is 160 cm³/mol. The van der Waals surface area contributed by atoms with Crippen LogP contribution in [0.5, 0.6) is 5.75 Å². The molecule has 3 aromatic rings. The number of nitrogens with one attached hydrogen (secondary N) is 1. The number of ether oxygens (including phenoxy) is 4. The summed E-state index contributed by atoms with van der Waals surface area (Å²) in [6, 6.07) is 22.8. The van der Waals surface area contributed by atoms with Gasteiger partial charge in [0, 0.05) is 48.2 Å². The number of rotatable bonds is 13. The molecule has 0 spiro atoms. The molecule has 0 aliphatic carbocycles. The molecule has 2 N–H and O–H groups in total. The Morgan fingerprint density at radius 1 is 1.05 bits per heavy atom. The van der Waals surface area contributed by atoms with E-state index in [1.807, 2.05) is 72.8 Å². The van der Waals surface area contributed by atoms with Crippen molar-refractivity contribution in [2.75, 3.05) is 34.0 Å². The fourth-order valence-electron chi connectivity index (χ4n) is 4.44. The van der Waals surface area contributed by atoms with Crippen LogP contribution in [0.25, 0.3) is 0 Å². The number of hydrogen-bond donors (Lipinski definition) is 2. The highest BCUT2D eigenvalue weighted by Gasteiger charge is 2.53. The van der Waals surface area contributed by atoms with Gasteiger partial charge in [0.25, 0.3) is 5.91 Å². The molecule has 0 saturated heterocycles. The molecule has 0 saturated carbocycles. The number of amides is 1. The van der Waals surface area contributed by atoms with Crippen molar-refractivity contribution in [1.82, 2.24) is 5.32 Å². The van der Waals surface area contributed by atoms with Crippen molar-refractivity contribution < 1.29 is 28.8 Å². The van der Waals surface area contributed by atoms with Gasteiger partial charge < -0.3 is 29.4 Å². The van der Waals surface area contributed by atoms with Crippen LogP contribution in [0.2, 0.25) is 0 Å². The lowest BCUT2D eigenvalue weighted by atomic mass is 9.82. The van der Waals surface area contributed by atoms with Crippen LogP contribution < -0.4 is 10.1 Å². The summed E-state index contributed by atoms with van der Waals surface area (Å²) < 4.78 is 24.6. The van der Waals surface area contributed by atoms with Gasteiger partial charge >= 0.3 is 0 Å². The van der Waals surface area contributed by atoms with E-state index >= 15 is 0 Å². The van der Waals surface area contributed by atoms with Crippen molar-refractivity contribution in [2.45, 2.75) is 30.8 Å². The number of carbonyl (C=O) groups is 1. The first kappa shape index (κ1) is 30.2. The van der Waals surface area contributed by atoms with Crippen LogP contribution in [0.3, 0.4) is 0 Å². The minimum atomic E-state index is -1.34. The molecule has 1 heterocycles. The van der Waals surface area contributed by atoms with E-state index in [0.717, 1.165) is 20.1 Å². The average Bonchev–Trinajstić information content (AvgIpc) is 3.36. The van der Waals surface area contributed by atoms with Gasteiger partial charge in [0.1, 0.15) is 5.75 Å². The Bertz CT molecular complexity index is 1300. The van der Waals surface area contributed by atoms with E-state index in [1.165, 1.54) is 14.2 Å². The van der Waals surface area contributed by atoms with Gasteiger partial charge in [-0.1, -0.05) is 62.2 Å². The first-order valence-corrected chi connectivity index (χ1v) is 14.4. The van der Waals surface area contributed by atoms with E-state index in [4.69, 9.17) is 29.0 Å². The third-order valence-electron chi connectivity index (χ3n) is 6.58. The second kappa shape index (κ2) is 14.2. The second-order valence-corrected chi connectivity index (χ2v) is 11.0. The van der Waals surface area contributed by atoms with E-state index in [2.05, 4.69) is 37.2 Å². The molecule has 0 unspecified atom stereocenters. The zero-order valence-electron chi connectivity index (χ0n) is 22.3. The molecule has 3 aromatic carbocycles. The Hall–Kier alpha value is -2.76. The van der Waals surface area contributed by atoms with Crippen molar-refractivity contribution in [3.05, 3.63) is 98.4 Å². The maximum atomic E-state index is 14.2. The number of aliphatic hydroxyl groups is 1. The van der Waals surface area contributed by atoms with Crippen molar-refractivity contribution in [3.8, 4) is 5.75 Å². The van der Waals surface area contributed by atoms with Crippen LogP contribution in [0.1, 0.15) is 29.2 Å². The standard InChI is InChI=1S/C30H32Br2N2O6/c1-37-26(38-2)19-33-29(36)30(18-22-6-3-4-7-25(22)32)27(20-8-12-23(31)13-9-20)40-28(34-30)21-10-14-24(15-11-21)39-17-5-16-35/h3-4,6-15,26-27,35H,5,16-19H2,1-2H3,(H,33,36)/t27-,30-/m1/s1. The molecular weight excluding hydrogens is 644 g/mol. The van der Waals surface area contributed by atoms with Crippen LogP contribution in [0.4, 0.5) is 0 Å². The van der Waals surface area contributed by atoms with Crippen LogP contribution in [0.15, 0.2) is 86.7 Å². The molecule has 0 radical (unpaired) electrons. The molecule has 212 valence electrons. The quantitative estimate of drug-likeness (QED) is 0.191. The molecule has 1 amide bonds. The van der Waals surface area contributed by atoms with E-state index in [0.29, 0.717) is 30.2 Å². The van der Waals surface area contributed by atoms with E-state index < -0.39 is 17.9 Å². The zero-order valence-corrected chi connectivity index (χ0v) is 25.5. The minimum Gasteiger partial charge on any atom is -0.494 e. The highest BCUT2D eigenvalue weighted by molar-refractivity contribution is 9.10. The van der Waals surface area contributed by atoms with E-state index in [9.17, 15) is 4.79 Å². The highest BCUT2D eigenvalue weighted by Crippen LogP contribution is 2.43. The molecule has 40 heavy (non-hydrogen) atoms. The monoisotopic (exact) mass is 674 g/mol. The molecule has 10 heteroatoms. The first-order chi connectivity index (χ1) is 19.4. The van der Waals surface area contributed by atoms with Gasteiger partial charge in [0.2, 0.25) is 5.90 Å². The van der Waals surface area contributed by atoms with Gasteiger partial charge in [-0.3, -0.25) is 4.79 Å². The molecule has 8 nitrogen and oxygen atoms in total. The highest BCUT2D eigenvalue weighted by atomic mass is 79.9. The second-order valence-electron chi connectivity index (χ2n) is 9.22. The van der Waals surface area contributed by atoms with E-state index in [-0.39, 0.29) is 25.5 Å². The third kappa shape index (κ3) is 7.11. The number of aliphatic imine (C=N–C) groups is 1. The minimum absolute atomic E-state index is 0.0668. The summed E-state index contributed by atoms with van der Waals surface area (Å²) in [6.45, 7) is 0.622. The molecule has 2 atom stereocenters. The molecule has 1 aliphatic heterocycles. The van der Waals surface area contributed by atoms with Crippen LogP contribution in [-0.2, 0) is 25.4 Å². The SMILES string of the molecule is COC(CNC(=O)[C@]1(Cc2ccccc2Br)N=C(c2ccc(OCCCO)cc2)O[C@@H]1c1ccc(Br)cc1)OC. The fourth-order valence-corrected chi connectivity index (χ4v) is 5.13. The molecule has 0 bridgehead atoms. The topological polar surface area (TPSA) is 98.6 Å². The Labute approximate surface area is 251 Å². The van der Waals surface area contributed by atoms with Gasteiger partial charge in [-0.25, -0.2) is 4.99 Å². The lowest BCUT2D eigenvalue weighted by molar-refractivity contribution is -0.134. The molecule has 1 aliphatic rings. The maximum absolute atomic E-state index is 14.2. The van der Waals surface area contributed by atoms with Crippen molar-refractivity contribution in [1.29, 1.82) is 0 Å². The predicted octanol–water partition coefficient (Wildman–Crippen LogP) is 5.21. The normalized spacial score (nSPS) is 18.4. The Morgan fingerprint density at radius 2 is 1.75 bits per heavy atom. The van der Waals surface area contributed by atoms with Crippen LogP contribution in [-0.4, -0.2) is 62.7 Å². The molecule has 4 rings (SSSR count). The summed E-state index contributed by atoms with van der Waals surface area (Å²) in [5, 5.41) is 12.0. The van der Waals surface area contributed by atoms with Crippen LogP contribution in [0, 0.1) is 0 Å². The van der Waals surface area contributed by atoms with Crippen molar-refractivity contribution in [3.63, 3.8) is 0 Å². The Balaban J connectivity index is 1.77.